The molecule has 0 saturated heterocycles. The van der Waals surface area contributed by atoms with Gasteiger partial charge >= 0.3 is 12.0 Å². The van der Waals surface area contributed by atoms with Crippen molar-refractivity contribution in [3.05, 3.63) is 45.3 Å². The van der Waals surface area contributed by atoms with Gasteiger partial charge in [-0.05, 0) is 57.5 Å². The molecule has 24 heavy (non-hydrogen) atoms. The molecule has 7 heteroatoms. The third-order valence-corrected chi connectivity index (χ3v) is 4.64. The predicted octanol–water partition coefficient (Wildman–Crippen LogP) is 5.23. The van der Waals surface area contributed by atoms with Gasteiger partial charge in [-0.1, -0.05) is 11.6 Å². The quantitative estimate of drug-likeness (QED) is 0.728. The summed E-state index contributed by atoms with van der Waals surface area (Å²) in [7, 11) is 0. The van der Waals surface area contributed by atoms with Gasteiger partial charge in [0.15, 0.2) is 0 Å². The molecule has 2 aromatic rings. The summed E-state index contributed by atoms with van der Waals surface area (Å²) in [5.74, 6) is -0.436. The largest absolute Gasteiger partial charge is 0.459 e. The Hall–Kier alpha value is -2.05. The van der Waals surface area contributed by atoms with Crippen LogP contribution in [0, 0.1) is 13.8 Å². The number of hydrogen-bond acceptors (Lipinski definition) is 4. The summed E-state index contributed by atoms with van der Waals surface area (Å²) in [6.45, 7) is 7.30. The molecule has 2 N–H and O–H groups in total. The van der Waals surface area contributed by atoms with Crippen LogP contribution in [0.3, 0.4) is 0 Å². The van der Waals surface area contributed by atoms with E-state index in [0.29, 0.717) is 21.3 Å². The maximum Gasteiger partial charge on any atom is 0.341 e. The molecule has 0 atom stereocenters. The fraction of sp³-hybridized carbons (Fsp3) is 0.294. The highest BCUT2D eigenvalue weighted by Crippen LogP contribution is 2.33. The monoisotopic (exact) mass is 366 g/mol. The predicted molar refractivity (Wildman–Crippen MR) is 98.4 cm³/mol. The fourth-order valence-electron chi connectivity index (χ4n) is 2.03. The van der Waals surface area contributed by atoms with Gasteiger partial charge in [-0.2, -0.15) is 0 Å². The Kier molecular flexibility index (Phi) is 5.85. The van der Waals surface area contributed by atoms with Crippen molar-refractivity contribution in [1.29, 1.82) is 0 Å². The molecule has 1 aromatic heterocycles. The second-order valence-corrected chi connectivity index (χ2v) is 7.19. The summed E-state index contributed by atoms with van der Waals surface area (Å²) in [4.78, 5) is 25.4. The van der Waals surface area contributed by atoms with Crippen LogP contribution in [0.1, 0.15) is 34.6 Å². The van der Waals surface area contributed by atoms with Gasteiger partial charge in [0.2, 0.25) is 0 Å². The zero-order valence-electron chi connectivity index (χ0n) is 13.9. The Morgan fingerprint density at radius 1 is 1.12 bits per heavy atom. The molecule has 0 unspecified atom stereocenters. The number of hydrogen-bond donors (Lipinski definition) is 2. The third-order valence-electron chi connectivity index (χ3n) is 3.26. The lowest BCUT2D eigenvalue weighted by atomic mass is 10.1. The lowest BCUT2D eigenvalue weighted by Crippen LogP contribution is -2.21. The van der Waals surface area contributed by atoms with Crippen molar-refractivity contribution in [2.24, 2.45) is 0 Å². The van der Waals surface area contributed by atoms with E-state index < -0.39 is 12.0 Å². The number of rotatable bonds is 4. The number of aryl methyl sites for hydroxylation is 1. The SMILES string of the molecule is Cc1sc(NC(=O)Nc2ccc(Cl)cc2)c(C(=O)OC(C)C)c1C. The first kappa shape index (κ1) is 18.3. The first-order valence-corrected chi connectivity index (χ1v) is 8.62. The van der Waals surface area contributed by atoms with E-state index in [0.717, 1.165) is 10.4 Å². The smallest absolute Gasteiger partial charge is 0.341 e. The normalized spacial score (nSPS) is 10.6. The highest BCUT2D eigenvalue weighted by molar-refractivity contribution is 7.16. The van der Waals surface area contributed by atoms with Crippen molar-refractivity contribution in [1.82, 2.24) is 0 Å². The molecule has 2 amide bonds. The van der Waals surface area contributed by atoms with Crippen molar-refractivity contribution in [2.45, 2.75) is 33.8 Å². The van der Waals surface area contributed by atoms with Crippen molar-refractivity contribution in [3.8, 4) is 0 Å². The molecule has 2 rings (SSSR count). The number of halogens is 1. The average molecular weight is 367 g/mol. The summed E-state index contributed by atoms with van der Waals surface area (Å²) >= 11 is 7.16. The van der Waals surface area contributed by atoms with Crippen LogP contribution in [0.5, 0.6) is 0 Å². The standard InChI is InChI=1S/C17H19ClN2O3S/c1-9(2)23-16(21)14-10(3)11(4)24-15(14)20-17(22)19-13-7-5-12(18)6-8-13/h5-9H,1-4H3,(H2,19,20,22). The summed E-state index contributed by atoms with van der Waals surface area (Å²) in [5, 5.41) is 6.48. The summed E-state index contributed by atoms with van der Waals surface area (Å²) < 4.78 is 5.27. The lowest BCUT2D eigenvalue weighted by Gasteiger charge is -2.11. The van der Waals surface area contributed by atoms with Gasteiger partial charge in [0, 0.05) is 15.6 Å². The van der Waals surface area contributed by atoms with Gasteiger partial charge in [-0.15, -0.1) is 11.3 Å². The number of esters is 1. The number of ether oxygens (including phenoxy) is 1. The van der Waals surface area contributed by atoms with Gasteiger partial charge in [-0.3, -0.25) is 5.32 Å². The van der Waals surface area contributed by atoms with Gasteiger partial charge in [-0.25, -0.2) is 9.59 Å². The number of amides is 2. The second kappa shape index (κ2) is 7.68. The van der Waals surface area contributed by atoms with Crippen molar-refractivity contribution < 1.29 is 14.3 Å². The summed E-state index contributed by atoms with van der Waals surface area (Å²) in [5.41, 5.74) is 1.82. The third kappa shape index (κ3) is 4.49. The minimum absolute atomic E-state index is 0.229. The fourth-order valence-corrected chi connectivity index (χ4v) is 3.20. The number of nitrogens with one attached hydrogen (secondary N) is 2. The first-order valence-electron chi connectivity index (χ1n) is 7.42. The molecular weight excluding hydrogens is 348 g/mol. The van der Waals surface area contributed by atoms with E-state index in [4.69, 9.17) is 16.3 Å². The maximum atomic E-state index is 12.3. The van der Waals surface area contributed by atoms with Crippen LogP contribution in [0.15, 0.2) is 24.3 Å². The van der Waals surface area contributed by atoms with Crippen LogP contribution in [0.2, 0.25) is 5.02 Å². The van der Waals surface area contributed by atoms with Gasteiger partial charge in [0.25, 0.3) is 0 Å². The maximum absolute atomic E-state index is 12.3. The number of thiophene rings is 1. The topological polar surface area (TPSA) is 67.4 Å². The Balaban J connectivity index is 2.16. The van der Waals surface area contributed by atoms with Crippen molar-refractivity contribution in [3.63, 3.8) is 0 Å². The molecule has 0 aliphatic rings. The molecular formula is C17H19ClN2O3S. The van der Waals surface area contributed by atoms with Crippen molar-refractivity contribution in [2.75, 3.05) is 10.6 Å². The van der Waals surface area contributed by atoms with Crippen LogP contribution in [0.4, 0.5) is 15.5 Å². The minimum atomic E-state index is -0.436. The number of carbonyl (C=O) groups excluding carboxylic acids is 2. The van der Waals surface area contributed by atoms with Gasteiger partial charge in [0.1, 0.15) is 5.00 Å². The van der Waals surface area contributed by atoms with Crippen molar-refractivity contribution >= 4 is 45.6 Å². The summed E-state index contributed by atoms with van der Waals surface area (Å²) in [6.07, 6.45) is -0.229. The van der Waals surface area contributed by atoms with E-state index in [2.05, 4.69) is 10.6 Å². The lowest BCUT2D eigenvalue weighted by molar-refractivity contribution is 0.0379. The molecule has 0 fully saturated rings. The molecule has 0 bridgehead atoms. The van der Waals surface area contributed by atoms with Crippen LogP contribution in [-0.2, 0) is 4.74 Å². The molecule has 0 radical (unpaired) electrons. The highest BCUT2D eigenvalue weighted by Gasteiger charge is 2.23. The number of urea groups is 1. The van der Waals surface area contributed by atoms with E-state index >= 15 is 0 Å². The Bertz CT molecular complexity index is 754. The van der Waals surface area contributed by atoms with Crippen LogP contribution in [-0.4, -0.2) is 18.1 Å². The molecule has 0 saturated carbocycles. The average Bonchev–Trinajstić information content (AvgIpc) is 2.75. The number of benzene rings is 1. The second-order valence-electron chi connectivity index (χ2n) is 5.53. The van der Waals surface area contributed by atoms with Crippen LogP contribution >= 0.6 is 22.9 Å². The van der Waals surface area contributed by atoms with Gasteiger partial charge in [0.05, 0.1) is 11.7 Å². The zero-order valence-corrected chi connectivity index (χ0v) is 15.5. The number of anilines is 2. The molecule has 128 valence electrons. The molecule has 1 heterocycles. The first-order chi connectivity index (χ1) is 11.3. The zero-order chi connectivity index (χ0) is 17.9. The van der Waals surface area contributed by atoms with E-state index in [1.54, 1.807) is 38.1 Å². The number of carbonyl (C=O) groups is 2. The van der Waals surface area contributed by atoms with E-state index in [9.17, 15) is 9.59 Å². The molecule has 0 aliphatic carbocycles. The molecule has 5 nitrogen and oxygen atoms in total. The minimum Gasteiger partial charge on any atom is -0.459 e. The van der Waals surface area contributed by atoms with E-state index in [1.165, 1.54) is 11.3 Å². The Labute approximate surface area is 150 Å². The summed E-state index contributed by atoms with van der Waals surface area (Å²) in [6, 6.07) is 6.32. The highest BCUT2D eigenvalue weighted by atomic mass is 35.5. The van der Waals surface area contributed by atoms with E-state index in [-0.39, 0.29) is 6.10 Å². The van der Waals surface area contributed by atoms with Crippen LogP contribution in [0.25, 0.3) is 0 Å². The van der Waals surface area contributed by atoms with Gasteiger partial charge < -0.3 is 10.1 Å². The Morgan fingerprint density at radius 2 is 1.75 bits per heavy atom. The van der Waals surface area contributed by atoms with Crippen LogP contribution < -0.4 is 10.6 Å². The van der Waals surface area contributed by atoms with E-state index in [1.807, 2.05) is 13.8 Å². The molecule has 0 aliphatic heterocycles. The Morgan fingerprint density at radius 3 is 2.33 bits per heavy atom. The molecule has 0 spiro atoms. The molecule has 1 aromatic carbocycles.